The Labute approximate surface area is 200 Å². The van der Waals surface area contributed by atoms with E-state index in [4.69, 9.17) is 5.73 Å². The zero-order valence-electron chi connectivity index (χ0n) is 20.2. The number of benzene rings is 1. The van der Waals surface area contributed by atoms with Crippen molar-refractivity contribution in [2.45, 2.75) is 77.4 Å². The van der Waals surface area contributed by atoms with Gasteiger partial charge in [0, 0.05) is 19.4 Å². The maximum atomic E-state index is 13.1. The monoisotopic (exact) mass is 478 g/mol. The van der Waals surface area contributed by atoms with E-state index in [0.717, 1.165) is 6.42 Å². The van der Waals surface area contributed by atoms with Crippen molar-refractivity contribution in [3.05, 3.63) is 29.8 Å². The Bertz CT molecular complexity index is 814. The molecular weight excluding hydrogens is 440 g/mol. The number of carbonyl (C=O) groups excluding carboxylic acids is 3. The average Bonchev–Trinajstić information content (AvgIpc) is 2.80. The first-order chi connectivity index (χ1) is 16.1. The molecule has 10 nitrogen and oxygen atoms in total. The van der Waals surface area contributed by atoms with E-state index in [1.165, 1.54) is 12.1 Å². The van der Waals surface area contributed by atoms with Crippen molar-refractivity contribution in [2.75, 3.05) is 6.54 Å². The predicted molar refractivity (Wildman–Crippen MR) is 128 cm³/mol. The average molecular weight is 479 g/mol. The highest BCUT2D eigenvalue weighted by Gasteiger charge is 2.31. The van der Waals surface area contributed by atoms with Crippen molar-refractivity contribution in [3.8, 4) is 5.75 Å². The van der Waals surface area contributed by atoms with Crippen LogP contribution in [0.5, 0.6) is 5.75 Å². The fraction of sp³-hybridized carbons (Fsp3) is 0.583. The van der Waals surface area contributed by atoms with Crippen LogP contribution in [0.1, 0.15) is 58.4 Å². The number of rotatable bonds is 15. The molecule has 1 aromatic carbocycles. The quantitative estimate of drug-likeness (QED) is 0.219. The van der Waals surface area contributed by atoms with E-state index in [1.807, 2.05) is 13.8 Å². The van der Waals surface area contributed by atoms with Crippen LogP contribution in [-0.4, -0.2) is 58.6 Å². The van der Waals surface area contributed by atoms with Crippen LogP contribution < -0.4 is 21.7 Å². The Balaban J connectivity index is 3.12. The third-order valence-corrected chi connectivity index (χ3v) is 5.66. The third-order valence-electron chi connectivity index (χ3n) is 5.66. The van der Waals surface area contributed by atoms with Gasteiger partial charge >= 0.3 is 5.97 Å². The normalized spacial score (nSPS) is 14.4. The number of carboxylic acid groups (broad SMARTS) is 1. The molecule has 0 aliphatic heterocycles. The highest BCUT2D eigenvalue weighted by Crippen LogP contribution is 2.13. The lowest BCUT2D eigenvalue weighted by Gasteiger charge is -2.26. The summed E-state index contributed by atoms with van der Waals surface area (Å²) in [4.78, 5) is 49.9. The fourth-order valence-corrected chi connectivity index (χ4v) is 3.36. The molecule has 0 spiro atoms. The van der Waals surface area contributed by atoms with Gasteiger partial charge in [0.05, 0.1) is 0 Å². The van der Waals surface area contributed by atoms with Gasteiger partial charge in [-0.3, -0.25) is 14.4 Å². The van der Waals surface area contributed by atoms with Gasteiger partial charge in [0.1, 0.15) is 23.9 Å². The summed E-state index contributed by atoms with van der Waals surface area (Å²) in [7, 11) is 0. The predicted octanol–water partition coefficient (Wildman–Crippen LogP) is 1.06. The van der Waals surface area contributed by atoms with E-state index in [2.05, 4.69) is 16.0 Å². The number of carbonyl (C=O) groups is 4. The molecule has 0 aromatic heterocycles. The molecule has 0 heterocycles. The number of amides is 3. The van der Waals surface area contributed by atoms with E-state index in [-0.39, 0.29) is 37.0 Å². The van der Waals surface area contributed by atoms with Crippen molar-refractivity contribution in [2.24, 2.45) is 11.7 Å². The van der Waals surface area contributed by atoms with E-state index >= 15 is 0 Å². The molecule has 0 bridgehead atoms. The van der Waals surface area contributed by atoms with Gasteiger partial charge in [-0.05, 0) is 30.0 Å². The lowest BCUT2D eigenvalue weighted by molar-refractivity contribution is -0.143. The molecule has 1 rings (SSSR count). The van der Waals surface area contributed by atoms with E-state index < -0.39 is 35.9 Å². The van der Waals surface area contributed by atoms with Gasteiger partial charge in [0.25, 0.3) is 0 Å². The minimum Gasteiger partial charge on any atom is -0.508 e. The number of aliphatic carboxylic acids is 1. The number of carboxylic acids is 1. The number of hydrogen-bond donors (Lipinski definition) is 6. The van der Waals surface area contributed by atoms with Crippen LogP contribution in [0, 0.1) is 5.92 Å². The van der Waals surface area contributed by atoms with Crippen LogP contribution in [-0.2, 0) is 25.6 Å². The van der Waals surface area contributed by atoms with Crippen molar-refractivity contribution < 1.29 is 29.4 Å². The minimum absolute atomic E-state index is 0.0544. The molecule has 34 heavy (non-hydrogen) atoms. The molecule has 0 fully saturated rings. The summed E-state index contributed by atoms with van der Waals surface area (Å²) < 4.78 is 0. The molecule has 0 radical (unpaired) electrons. The lowest BCUT2D eigenvalue weighted by atomic mass is 9.98. The summed E-state index contributed by atoms with van der Waals surface area (Å²) in [5, 5.41) is 27.0. The van der Waals surface area contributed by atoms with Crippen LogP contribution in [0.25, 0.3) is 0 Å². The first-order valence-electron chi connectivity index (χ1n) is 11.7. The summed E-state index contributed by atoms with van der Waals surface area (Å²) in [5.74, 6) is -2.96. The number of unbranched alkanes of at least 4 members (excludes halogenated alkanes) is 1. The molecule has 0 aliphatic rings. The molecule has 1 aromatic rings. The van der Waals surface area contributed by atoms with Gasteiger partial charge in [0.15, 0.2) is 0 Å². The number of hydrogen-bond acceptors (Lipinski definition) is 6. The first-order valence-corrected chi connectivity index (χ1v) is 11.7. The van der Waals surface area contributed by atoms with Gasteiger partial charge in [0.2, 0.25) is 17.7 Å². The van der Waals surface area contributed by atoms with E-state index in [1.54, 1.807) is 19.1 Å². The highest BCUT2D eigenvalue weighted by atomic mass is 16.4. The molecule has 0 saturated carbocycles. The second-order valence-electron chi connectivity index (χ2n) is 8.44. The Morgan fingerprint density at radius 3 is 2.12 bits per heavy atom. The van der Waals surface area contributed by atoms with Crippen LogP contribution >= 0.6 is 0 Å². The highest BCUT2D eigenvalue weighted by molar-refractivity contribution is 5.93. The smallest absolute Gasteiger partial charge is 0.326 e. The van der Waals surface area contributed by atoms with Crippen LogP contribution in [0.4, 0.5) is 0 Å². The third kappa shape index (κ3) is 9.78. The molecule has 0 aliphatic carbocycles. The van der Waals surface area contributed by atoms with Gasteiger partial charge in [-0.15, -0.1) is 0 Å². The Morgan fingerprint density at radius 2 is 1.59 bits per heavy atom. The zero-order chi connectivity index (χ0) is 25.7. The number of nitrogens with two attached hydrogens (primary N) is 1. The standard InChI is InChI=1S/C24H38N4O6/c1-4-6-7-18(26-20(30)12-13-25)22(31)27-19(14-16-8-10-17(29)11-9-16)23(32)28-21(24(33)34)15(3)5-2/h8-11,15,18-19,21,29H,4-7,12-14,25H2,1-3H3,(H,26,30)(H,27,31)(H,28,32)(H,33,34)/t15-,18-,19-,21-/m0/s1. The van der Waals surface area contributed by atoms with Crippen LogP contribution in [0.2, 0.25) is 0 Å². The summed E-state index contributed by atoms with van der Waals surface area (Å²) in [6.45, 7) is 5.65. The molecular formula is C24H38N4O6. The van der Waals surface area contributed by atoms with Crippen LogP contribution in [0.15, 0.2) is 24.3 Å². The molecule has 3 amide bonds. The van der Waals surface area contributed by atoms with Gasteiger partial charge in [-0.25, -0.2) is 4.79 Å². The van der Waals surface area contributed by atoms with Crippen molar-refractivity contribution in [3.63, 3.8) is 0 Å². The number of phenolic OH excluding ortho intramolecular Hbond substituents is 1. The van der Waals surface area contributed by atoms with Crippen LogP contribution in [0.3, 0.4) is 0 Å². The fourth-order valence-electron chi connectivity index (χ4n) is 3.36. The van der Waals surface area contributed by atoms with Gasteiger partial charge in [-0.2, -0.15) is 0 Å². The SMILES string of the molecule is CCCC[C@H](NC(=O)CCN)C(=O)N[C@@H](Cc1ccc(O)cc1)C(=O)N[C@H](C(=O)O)[C@@H](C)CC. The number of aromatic hydroxyl groups is 1. The second-order valence-corrected chi connectivity index (χ2v) is 8.44. The van der Waals surface area contributed by atoms with Gasteiger partial charge < -0.3 is 31.9 Å². The maximum Gasteiger partial charge on any atom is 0.326 e. The molecule has 190 valence electrons. The number of nitrogens with one attached hydrogen (secondary N) is 3. The summed E-state index contributed by atoms with van der Waals surface area (Å²) >= 11 is 0. The minimum atomic E-state index is -1.16. The summed E-state index contributed by atoms with van der Waals surface area (Å²) in [5.41, 5.74) is 6.08. The van der Waals surface area contributed by atoms with E-state index in [9.17, 15) is 29.4 Å². The van der Waals surface area contributed by atoms with Crippen molar-refractivity contribution in [1.82, 2.24) is 16.0 Å². The largest absolute Gasteiger partial charge is 0.508 e. The molecule has 7 N–H and O–H groups in total. The maximum absolute atomic E-state index is 13.1. The summed E-state index contributed by atoms with van der Waals surface area (Å²) in [6, 6.07) is 3.10. The Hall–Kier alpha value is -3.14. The lowest BCUT2D eigenvalue weighted by Crippen LogP contribution is -2.57. The summed E-state index contributed by atoms with van der Waals surface area (Å²) in [6.07, 6.45) is 2.56. The van der Waals surface area contributed by atoms with E-state index in [0.29, 0.717) is 24.8 Å². The van der Waals surface area contributed by atoms with Crippen molar-refractivity contribution >= 4 is 23.7 Å². The second kappa shape index (κ2) is 14.9. The zero-order valence-corrected chi connectivity index (χ0v) is 20.2. The Kier molecular flexibility index (Phi) is 12.7. The topological polar surface area (TPSA) is 171 Å². The Morgan fingerprint density at radius 1 is 0.971 bits per heavy atom. The number of phenols is 1. The molecule has 10 heteroatoms. The van der Waals surface area contributed by atoms with Gasteiger partial charge in [-0.1, -0.05) is 52.2 Å². The molecule has 0 unspecified atom stereocenters. The molecule has 4 atom stereocenters. The van der Waals surface area contributed by atoms with Crippen molar-refractivity contribution in [1.29, 1.82) is 0 Å². The molecule has 0 saturated heterocycles. The first kappa shape index (κ1) is 28.9.